The maximum Gasteiger partial charge on any atom is 0.261 e. The Morgan fingerprint density at radius 3 is 2.90 bits per heavy atom. The van der Waals surface area contributed by atoms with Crippen LogP contribution in [0.15, 0.2) is 10.9 Å². The van der Waals surface area contributed by atoms with E-state index in [-0.39, 0.29) is 28.5 Å². The first-order valence-corrected chi connectivity index (χ1v) is 9.00. The van der Waals surface area contributed by atoms with E-state index in [0.717, 1.165) is 30.5 Å². The van der Waals surface area contributed by atoms with Gasteiger partial charge in [-0.25, -0.2) is 8.42 Å². The lowest BCUT2D eigenvalue weighted by Gasteiger charge is -2.10. The molecule has 1 aliphatic carbocycles. The normalized spacial score (nSPS) is 23.0. The molecular weight excluding hydrogens is 292 g/mol. The second kappa shape index (κ2) is 5.29. The molecule has 6 nitrogen and oxygen atoms in total. The molecule has 114 valence electrons. The number of pyridine rings is 1. The van der Waals surface area contributed by atoms with Gasteiger partial charge in [-0.1, -0.05) is 0 Å². The lowest BCUT2D eigenvalue weighted by Crippen LogP contribution is -2.34. The van der Waals surface area contributed by atoms with E-state index in [1.165, 1.54) is 0 Å². The van der Waals surface area contributed by atoms with Gasteiger partial charge in [0, 0.05) is 12.2 Å². The van der Waals surface area contributed by atoms with Crippen LogP contribution in [0.5, 0.6) is 0 Å². The van der Waals surface area contributed by atoms with E-state index < -0.39 is 15.7 Å². The Morgan fingerprint density at radius 1 is 1.38 bits per heavy atom. The van der Waals surface area contributed by atoms with E-state index >= 15 is 0 Å². The van der Waals surface area contributed by atoms with E-state index in [1.807, 2.05) is 0 Å². The third-order valence-corrected chi connectivity index (χ3v) is 6.05. The number of aryl methyl sites for hydroxylation is 2. The molecule has 1 fully saturated rings. The zero-order valence-corrected chi connectivity index (χ0v) is 12.5. The summed E-state index contributed by atoms with van der Waals surface area (Å²) < 4.78 is 22.7. The highest BCUT2D eigenvalue weighted by atomic mass is 32.2. The molecule has 0 radical (unpaired) electrons. The van der Waals surface area contributed by atoms with Gasteiger partial charge in [-0.15, -0.1) is 0 Å². The van der Waals surface area contributed by atoms with Gasteiger partial charge in [0.05, 0.1) is 11.5 Å². The molecule has 0 saturated carbocycles. The average Bonchev–Trinajstić information content (AvgIpc) is 3.00. The fourth-order valence-electron chi connectivity index (χ4n) is 3.05. The molecule has 1 aromatic rings. The van der Waals surface area contributed by atoms with Crippen molar-refractivity contribution in [2.45, 2.75) is 25.7 Å². The Labute approximate surface area is 122 Å². The fourth-order valence-corrected chi connectivity index (χ4v) is 4.91. The number of hydrogen-bond acceptors (Lipinski definition) is 4. The number of aromatic amines is 1. The van der Waals surface area contributed by atoms with Gasteiger partial charge in [-0.3, -0.25) is 9.59 Å². The van der Waals surface area contributed by atoms with Crippen LogP contribution in [0.4, 0.5) is 0 Å². The van der Waals surface area contributed by atoms with Gasteiger partial charge in [0.25, 0.3) is 11.5 Å². The van der Waals surface area contributed by atoms with Crippen molar-refractivity contribution < 1.29 is 13.2 Å². The standard InChI is InChI=1S/C14H18N2O4S/c17-13(15-7-9-4-5-21(19,20)8-9)11-6-10-2-1-3-12(10)16-14(11)18/h6,9H,1-5,7-8H2,(H,15,17)(H,16,18)/t9-/m1/s1. The summed E-state index contributed by atoms with van der Waals surface area (Å²) in [6.07, 6.45) is 3.30. The van der Waals surface area contributed by atoms with Crippen LogP contribution >= 0.6 is 0 Å². The summed E-state index contributed by atoms with van der Waals surface area (Å²) in [5.74, 6) is -0.163. The Morgan fingerprint density at radius 2 is 2.19 bits per heavy atom. The number of hydrogen-bond donors (Lipinski definition) is 2. The molecule has 0 spiro atoms. The highest BCUT2D eigenvalue weighted by Crippen LogP contribution is 2.19. The Hall–Kier alpha value is -1.63. The van der Waals surface area contributed by atoms with Crippen LogP contribution in [-0.2, 0) is 22.7 Å². The van der Waals surface area contributed by atoms with Crippen molar-refractivity contribution in [3.8, 4) is 0 Å². The van der Waals surface area contributed by atoms with Gasteiger partial charge in [-0.2, -0.15) is 0 Å². The number of aromatic nitrogens is 1. The van der Waals surface area contributed by atoms with E-state index in [1.54, 1.807) is 6.07 Å². The van der Waals surface area contributed by atoms with Crippen molar-refractivity contribution in [1.29, 1.82) is 0 Å². The lowest BCUT2D eigenvalue weighted by molar-refractivity contribution is 0.0947. The zero-order chi connectivity index (χ0) is 15.0. The molecule has 1 amide bonds. The van der Waals surface area contributed by atoms with Crippen molar-refractivity contribution in [1.82, 2.24) is 10.3 Å². The van der Waals surface area contributed by atoms with Crippen LogP contribution in [0, 0.1) is 5.92 Å². The second-order valence-corrected chi connectivity index (χ2v) is 8.08. The minimum absolute atomic E-state index is 0.0486. The van der Waals surface area contributed by atoms with E-state index in [4.69, 9.17) is 0 Å². The highest BCUT2D eigenvalue weighted by Gasteiger charge is 2.28. The Balaban J connectivity index is 1.68. The summed E-state index contributed by atoms with van der Waals surface area (Å²) >= 11 is 0. The number of fused-ring (bicyclic) bond motifs is 1. The van der Waals surface area contributed by atoms with Crippen LogP contribution < -0.4 is 10.9 Å². The molecule has 0 aromatic carbocycles. The van der Waals surface area contributed by atoms with Gasteiger partial charge in [0.1, 0.15) is 5.56 Å². The Kier molecular flexibility index (Phi) is 3.61. The highest BCUT2D eigenvalue weighted by molar-refractivity contribution is 7.91. The van der Waals surface area contributed by atoms with Gasteiger partial charge in [0.15, 0.2) is 9.84 Å². The zero-order valence-electron chi connectivity index (χ0n) is 11.6. The molecule has 21 heavy (non-hydrogen) atoms. The van der Waals surface area contributed by atoms with Crippen LogP contribution in [0.3, 0.4) is 0 Å². The topological polar surface area (TPSA) is 96.1 Å². The molecule has 2 aliphatic rings. The maximum absolute atomic E-state index is 12.1. The lowest BCUT2D eigenvalue weighted by atomic mass is 10.1. The molecule has 1 atom stereocenters. The monoisotopic (exact) mass is 310 g/mol. The largest absolute Gasteiger partial charge is 0.352 e. The summed E-state index contributed by atoms with van der Waals surface area (Å²) in [6.45, 7) is 0.300. The molecule has 2 heterocycles. The maximum atomic E-state index is 12.1. The van der Waals surface area contributed by atoms with Crippen molar-refractivity contribution in [3.63, 3.8) is 0 Å². The van der Waals surface area contributed by atoms with Crippen molar-refractivity contribution in [2.75, 3.05) is 18.1 Å². The quantitative estimate of drug-likeness (QED) is 0.823. The number of nitrogens with one attached hydrogen (secondary N) is 2. The number of H-pyrrole nitrogens is 1. The smallest absolute Gasteiger partial charge is 0.261 e. The van der Waals surface area contributed by atoms with E-state index in [0.29, 0.717) is 13.0 Å². The number of carbonyl (C=O) groups excluding carboxylic acids is 1. The summed E-state index contributed by atoms with van der Waals surface area (Å²) in [4.78, 5) is 26.8. The predicted molar refractivity (Wildman–Crippen MR) is 78.2 cm³/mol. The predicted octanol–water partition coefficient (Wildman–Crippen LogP) is 0.0281. The summed E-state index contributed by atoms with van der Waals surface area (Å²) in [7, 11) is -2.94. The summed E-state index contributed by atoms with van der Waals surface area (Å²) in [5, 5.41) is 2.69. The number of sulfone groups is 1. The third kappa shape index (κ3) is 3.02. The van der Waals surface area contributed by atoms with Crippen LogP contribution in [0.25, 0.3) is 0 Å². The molecule has 1 aliphatic heterocycles. The third-order valence-electron chi connectivity index (χ3n) is 4.21. The number of rotatable bonds is 3. The minimum Gasteiger partial charge on any atom is -0.352 e. The fraction of sp³-hybridized carbons (Fsp3) is 0.571. The second-order valence-electron chi connectivity index (χ2n) is 5.85. The summed E-state index contributed by atoms with van der Waals surface area (Å²) in [5.41, 5.74) is 1.71. The van der Waals surface area contributed by atoms with Crippen molar-refractivity contribution in [2.24, 2.45) is 5.92 Å². The molecular formula is C14H18N2O4S. The van der Waals surface area contributed by atoms with Crippen LogP contribution in [0.2, 0.25) is 0 Å². The van der Waals surface area contributed by atoms with Gasteiger partial charge in [0.2, 0.25) is 0 Å². The first-order valence-electron chi connectivity index (χ1n) is 7.18. The SMILES string of the molecule is O=C(NC[C@H]1CCS(=O)(=O)C1)c1cc2c([nH]c1=O)CCC2. The van der Waals surface area contributed by atoms with Gasteiger partial charge < -0.3 is 10.3 Å². The van der Waals surface area contributed by atoms with Gasteiger partial charge in [-0.05, 0) is 43.2 Å². The van der Waals surface area contributed by atoms with Crippen molar-refractivity contribution in [3.05, 3.63) is 33.2 Å². The van der Waals surface area contributed by atoms with Crippen LogP contribution in [0.1, 0.15) is 34.5 Å². The van der Waals surface area contributed by atoms with E-state index in [2.05, 4.69) is 10.3 Å². The van der Waals surface area contributed by atoms with E-state index in [9.17, 15) is 18.0 Å². The first kappa shape index (κ1) is 14.3. The van der Waals surface area contributed by atoms with Crippen molar-refractivity contribution >= 4 is 15.7 Å². The first-order chi connectivity index (χ1) is 9.94. The Bertz CT molecular complexity index is 736. The molecule has 0 bridgehead atoms. The molecule has 2 N–H and O–H groups in total. The molecule has 7 heteroatoms. The molecule has 3 rings (SSSR count). The number of carbonyl (C=O) groups is 1. The van der Waals surface area contributed by atoms with Gasteiger partial charge >= 0.3 is 0 Å². The summed E-state index contributed by atoms with van der Waals surface area (Å²) in [6, 6.07) is 1.67. The molecule has 1 aromatic heterocycles. The molecule has 1 saturated heterocycles. The average molecular weight is 310 g/mol. The number of amides is 1. The van der Waals surface area contributed by atoms with Crippen LogP contribution in [-0.4, -0.2) is 37.4 Å². The minimum atomic E-state index is -2.94. The molecule has 0 unspecified atom stereocenters.